The molecule has 0 spiro atoms. The summed E-state index contributed by atoms with van der Waals surface area (Å²) in [5.41, 5.74) is 2.36. The van der Waals surface area contributed by atoms with E-state index in [4.69, 9.17) is 35.4 Å². The molecule has 134 valence electrons. The van der Waals surface area contributed by atoms with Crippen LogP contribution < -0.4 is 5.56 Å². The van der Waals surface area contributed by atoms with Gasteiger partial charge in [0.1, 0.15) is 5.56 Å². The second-order valence-electron chi connectivity index (χ2n) is 5.83. The topological polar surface area (TPSA) is 70.4 Å². The Bertz CT molecular complexity index is 1240. The van der Waals surface area contributed by atoms with Crippen molar-refractivity contribution < 1.29 is 5.11 Å². The predicted molar refractivity (Wildman–Crippen MR) is 111 cm³/mol. The maximum absolute atomic E-state index is 12.4. The molecule has 8 heteroatoms. The summed E-state index contributed by atoms with van der Waals surface area (Å²) in [6, 6.07) is 12.3. The van der Waals surface area contributed by atoms with Crippen LogP contribution in [0.1, 0.15) is 11.1 Å². The highest BCUT2D eigenvalue weighted by Crippen LogP contribution is 2.33. The third kappa shape index (κ3) is 3.23. The number of para-hydroxylation sites is 1. The highest BCUT2D eigenvalue weighted by molar-refractivity contribution is 7.71. The molecular weight excluding hydrogens is 405 g/mol. The van der Waals surface area contributed by atoms with E-state index in [0.717, 1.165) is 11.3 Å². The molecule has 1 aliphatic heterocycles. The third-order valence-corrected chi connectivity index (χ3v) is 4.81. The molecule has 0 aliphatic carbocycles. The summed E-state index contributed by atoms with van der Waals surface area (Å²) in [6.07, 6.45) is 3.21. The van der Waals surface area contributed by atoms with E-state index < -0.39 is 5.56 Å². The van der Waals surface area contributed by atoms with Crippen molar-refractivity contribution in [1.82, 2.24) is 9.55 Å². The average Bonchev–Trinajstić information content (AvgIpc) is 3.00. The van der Waals surface area contributed by atoms with Crippen LogP contribution in [-0.4, -0.2) is 20.9 Å². The zero-order chi connectivity index (χ0) is 19.1. The van der Waals surface area contributed by atoms with Crippen LogP contribution in [0.3, 0.4) is 0 Å². The Labute approximate surface area is 168 Å². The van der Waals surface area contributed by atoms with Crippen molar-refractivity contribution >= 4 is 59.0 Å². The second kappa shape index (κ2) is 6.81. The van der Waals surface area contributed by atoms with Crippen molar-refractivity contribution in [3.8, 4) is 11.6 Å². The maximum Gasteiger partial charge on any atom is 0.262 e. The van der Waals surface area contributed by atoms with Crippen molar-refractivity contribution in [2.45, 2.75) is 0 Å². The highest BCUT2D eigenvalue weighted by Gasteiger charge is 2.17. The lowest BCUT2D eigenvalue weighted by Gasteiger charge is -2.12. The monoisotopic (exact) mass is 415 g/mol. The Morgan fingerprint density at radius 1 is 1.15 bits per heavy atom. The number of aromatic amines is 1. The molecule has 0 saturated heterocycles. The molecule has 0 atom stereocenters. The quantitative estimate of drug-likeness (QED) is 0.567. The number of halogens is 2. The van der Waals surface area contributed by atoms with Crippen LogP contribution in [0, 0.1) is 4.77 Å². The molecule has 0 amide bonds. The third-order valence-electron chi connectivity index (χ3n) is 4.08. The Balaban J connectivity index is 1.94. The van der Waals surface area contributed by atoms with Gasteiger partial charge in [0.15, 0.2) is 4.77 Å². The van der Waals surface area contributed by atoms with Gasteiger partial charge in [-0.15, -0.1) is 0 Å². The van der Waals surface area contributed by atoms with Crippen molar-refractivity contribution in [1.29, 1.82) is 0 Å². The molecule has 27 heavy (non-hydrogen) atoms. The van der Waals surface area contributed by atoms with Gasteiger partial charge in [0, 0.05) is 27.4 Å². The highest BCUT2D eigenvalue weighted by atomic mass is 35.5. The SMILES string of the molecule is O=c1[nH]c(=S)n(-c2cc(Cl)cc(Cl)c2)c(O)c1C=C1C=Nc2ccccc21. The number of H-pyrrole nitrogens is 1. The first kappa shape index (κ1) is 17.7. The predicted octanol–water partition coefficient (Wildman–Crippen LogP) is 5.16. The van der Waals surface area contributed by atoms with Crippen molar-refractivity contribution in [3.63, 3.8) is 0 Å². The number of benzene rings is 2. The number of fused-ring (bicyclic) bond motifs is 1. The fourth-order valence-electron chi connectivity index (χ4n) is 2.89. The standard InChI is InChI=1S/C19H11Cl2N3O2S/c20-11-6-12(21)8-13(7-11)24-18(26)15(17(25)23-19(24)27)5-10-9-22-16-4-2-1-3-14(10)16/h1-9,26H,(H,23,25,27). The van der Waals surface area contributed by atoms with Gasteiger partial charge in [-0.1, -0.05) is 41.4 Å². The van der Waals surface area contributed by atoms with Crippen LogP contribution in [0.5, 0.6) is 5.88 Å². The van der Waals surface area contributed by atoms with E-state index in [2.05, 4.69) is 9.98 Å². The summed E-state index contributed by atoms with van der Waals surface area (Å²) in [6.45, 7) is 0. The number of aliphatic imine (C=N–C) groups is 1. The molecular formula is C19H11Cl2N3O2S. The van der Waals surface area contributed by atoms with Gasteiger partial charge in [0.2, 0.25) is 5.88 Å². The summed E-state index contributed by atoms with van der Waals surface area (Å²) >= 11 is 17.3. The number of nitrogens with one attached hydrogen (secondary N) is 1. The van der Waals surface area contributed by atoms with Crippen molar-refractivity contribution in [2.75, 3.05) is 0 Å². The molecule has 4 rings (SSSR count). The van der Waals surface area contributed by atoms with E-state index in [1.54, 1.807) is 30.5 Å². The van der Waals surface area contributed by atoms with Gasteiger partial charge >= 0.3 is 0 Å². The van der Waals surface area contributed by atoms with E-state index in [0.29, 0.717) is 21.3 Å². The molecule has 5 nitrogen and oxygen atoms in total. The van der Waals surface area contributed by atoms with Gasteiger partial charge < -0.3 is 5.11 Å². The summed E-state index contributed by atoms with van der Waals surface area (Å²) in [4.78, 5) is 19.3. The Hall–Kier alpha value is -2.67. The first-order valence-electron chi connectivity index (χ1n) is 7.84. The van der Waals surface area contributed by atoms with Gasteiger partial charge in [-0.25, -0.2) is 0 Å². The molecule has 0 saturated carbocycles. The minimum Gasteiger partial charge on any atom is -0.494 e. The Morgan fingerprint density at radius 2 is 1.85 bits per heavy atom. The number of hydrogen-bond donors (Lipinski definition) is 2. The molecule has 2 N–H and O–H groups in total. The lowest BCUT2D eigenvalue weighted by atomic mass is 10.1. The summed E-state index contributed by atoms with van der Waals surface area (Å²) in [5.74, 6) is -0.313. The molecule has 0 bridgehead atoms. The minimum absolute atomic E-state index is 0.0264. The van der Waals surface area contributed by atoms with Crippen LogP contribution in [0.2, 0.25) is 10.0 Å². The van der Waals surface area contributed by atoms with Gasteiger partial charge in [-0.05, 0) is 42.6 Å². The lowest BCUT2D eigenvalue weighted by molar-refractivity contribution is 0.432. The van der Waals surface area contributed by atoms with Gasteiger partial charge in [-0.2, -0.15) is 0 Å². The van der Waals surface area contributed by atoms with Crippen LogP contribution in [0.15, 0.2) is 52.3 Å². The van der Waals surface area contributed by atoms with Crippen molar-refractivity contribution in [2.24, 2.45) is 4.99 Å². The molecule has 1 aromatic heterocycles. The van der Waals surface area contributed by atoms with Gasteiger partial charge in [0.05, 0.1) is 11.4 Å². The number of hydrogen-bond acceptors (Lipinski definition) is 4. The van der Waals surface area contributed by atoms with Crippen LogP contribution in [-0.2, 0) is 0 Å². The van der Waals surface area contributed by atoms with Gasteiger partial charge in [-0.3, -0.25) is 19.3 Å². The summed E-state index contributed by atoms with van der Waals surface area (Å²) in [5, 5.41) is 11.5. The van der Waals surface area contributed by atoms with Crippen LogP contribution >= 0.6 is 35.4 Å². The van der Waals surface area contributed by atoms with Crippen molar-refractivity contribution in [3.05, 3.63) is 78.8 Å². The van der Waals surface area contributed by atoms with E-state index in [9.17, 15) is 9.90 Å². The zero-order valence-electron chi connectivity index (χ0n) is 13.6. The van der Waals surface area contributed by atoms with E-state index in [1.165, 1.54) is 4.57 Å². The molecule has 0 fully saturated rings. The fourth-order valence-corrected chi connectivity index (χ4v) is 3.69. The first-order valence-corrected chi connectivity index (χ1v) is 9.00. The van der Waals surface area contributed by atoms with Crippen LogP contribution in [0.4, 0.5) is 5.69 Å². The number of rotatable bonds is 2. The smallest absolute Gasteiger partial charge is 0.262 e. The largest absolute Gasteiger partial charge is 0.494 e. The molecule has 2 heterocycles. The number of nitrogens with zero attached hydrogens (tertiary/aromatic N) is 2. The number of allylic oxidation sites excluding steroid dienone is 1. The zero-order valence-corrected chi connectivity index (χ0v) is 15.9. The molecule has 0 unspecified atom stereocenters. The summed E-state index contributed by atoms with van der Waals surface area (Å²) in [7, 11) is 0. The molecule has 0 radical (unpaired) electrons. The summed E-state index contributed by atoms with van der Waals surface area (Å²) < 4.78 is 1.33. The van der Waals surface area contributed by atoms with Gasteiger partial charge in [0.25, 0.3) is 5.56 Å². The average molecular weight is 416 g/mol. The Morgan fingerprint density at radius 3 is 2.59 bits per heavy atom. The first-order chi connectivity index (χ1) is 12.9. The normalized spacial score (nSPS) is 13.9. The van der Waals surface area contributed by atoms with E-state index in [1.807, 2.05) is 24.3 Å². The number of aromatic hydroxyl groups is 1. The molecule has 1 aliphatic rings. The van der Waals surface area contributed by atoms with Crippen LogP contribution in [0.25, 0.3) is 17.3 Å². The number of aromatic nitrogens is 2. The van der Waals surface area contributed by atoms with E-state index >= 15 is 0 Å². The molecule has 2 aromatic carbocycles. The Kier molecular flexibility index (Phi) is 4.47. The lowest BCUT2D eigenvalue weighted by Crippen LogP contribution is -2.16. The fraction of sp³-hybridized carbons (Fsp3) is 0. The van der Waals surface area contributed by atoms with E-state index in [-0.39, 0.29) is 16.2 Å². The molecule has 3 aromatic rings. The second-order valence-corrected chi connectivity index (χ2v) is 7.09. The minimum atomic E-state index is -0.507. The maximum atomic E-state index is 12.4.